The molecule has 5 saturated carbocycles. The van der Waals surface area contributed by atoms with E-state index in [0.29, 0.717) is 35.2 Å². The van der Waals surface area contributed by atoms with Crippen molar-refractivity contribution in [3.05, 3.63) is 0 Å². The SMILES string of the molecule is CC(=O)OC[C@H]1O[C@@H](O[C@H]2CC[C@]3(C)[C@H]4CC[C@@H]5[C@H]6[C@H]7OC[C@@]6(CCC7(C)C)CC[C@@]5(C)[C@]4(C)CC[C@H]3C2(C)C)[C@H](OC(C)=O)[C@@H](OC(C)=O)[C@@H]1OC(C)=O. The van der Waals surface area contributed by atoms with Gasteiger partial charge in [-0.05, 0) is 120 Å². The van der Waals surface area contributed by atoms with E-state index in [1.54, 1.807) is 0 Å². The minimum Gasteiger partial charge on any atom is -0.463 e. The third kappa shape index (κ3) is 6.47. The smallest absolute Gasteiger partial charge is 0.303 e. The summed E-state index contributed by atoms with van der Waals surface area (Å²) in [6, 6.07) is 0. The van der Waals surface area contributed by atoms with Crippen molar-refractivity contribution in [3.8, 4) is 0 Å². The lowest BCUT2D eigenvalue weighted by Crippen LogP contribution is -2.68. The number of carbonyl (C=O) groups is 4. The second-order valence-electron chi connectivity index (χ2n) is 20.8. The normalized spacial score (nSPS) is 47.8. The average Bonchev–Trinajstić information content (AvgIpc) is 3.41. The Kier molecular flexibility index (Phi) is 10.4. The van der Waals surface area contributed by atoms with Crippen molar-refractivity contribution >= 4 is 23.9 Å². The summed E-state index contributed by atoms with van der Waals surface area (Å²) >= 11 is 0. The van der Waals surface area contributed by atoms with Gasteiger partial charge >= 0.3 is 23.9 Å². The van der Waals surface area contributed by atoms with Crippen LogP contribution in [0.2, 0.25) is 0 Å². The number of fused-ring (bicyclic) bond motifs is 5. The van der Waals surface area contributed by atoms with Gasteiger partial charge in [0.2, 0.25) is 0 Å². The molecule has 15 atom stereocenters. The fraction of sp³-hybridized carbons (Fsp3) is 0.909. The zero-order chi connectivity index (χ0) is 40.1. The number of ether oxygens (including phenoxy) is 7. The van der Waals surface area contributed by atoms with E-state index in [9.17, 15) is 19.2 Å². The molecule has 55 heavy (non-hydrogen) atoms. The van der Waals surface area contributed by atoms with Gasteiger partial charge in [0, 0.05) is 27.7 Å². The van der Waals surface area contributed by atoms with Gasteiger partial charge in [-0.2, -0.15) is 0 Å². The van der Waals surface area contributed by atoms with Crippen molar-refractivity contribution in [1.82, 2.24) is 0 Å². The molecule has 0 aromatic heterocycles. The van der Waals surface area contributed by atoms with Crippen LogP contribution in [0.1, 0.15) is 140 Å². The highest BCUT2D eigenvalue weighted by Gasteiger charge is 2.73. The summed E-state index contributed by atoms with van der Waals surface area (Å²) in [6.07, 6.45) is 5.87. The first-order chi connectivity index (χ1) is 25.6. The van der Waals surface area contributed by atoms with Crippen molar-refractivity contribution in [2.75, 3.05) is 13.2 Å². The minimum atomic E-state index is -1.25. The molecule has 0 radical (unpaired) electrons. The van der Waals surface area contributed by atoms with Crippen molar-refractivity contribution < 1.29 is 52.3 Å². The highest BCUT2D eigenvalue weighted by Crippen LogP contribution is 2.78. The lowest BCUT2D eigenvalue weighted by Gasteiger charge is -2.73. The fourth-order valence-corrected chi connectivity index (χ4v) is 14.6. The van der Waals surface area contributed by atoms with E-state index in [1.165, 1.54) is 72.6 Å². The maximum Gasteiger partial charge on any atom is 0.303 e. The summed E-state index contributed by atoms with van der Waals surface area (Å²) in [4.78, 5) is 49.2. The van der Waals surface area contributed by atoms with Crippen molar-refractivity contribution in [2.24, 2.45) is 56.2 Å². The van der Waals surface area contributed by atoms with Crippen molar-refractivity contribution in [1.29, 1.82) is 0 Å². The molecule has 7 aliphatic rings. The van der Waals surface area contributed by atoms with Crippen molar-refractivity contribution in [3.63, 3.8) is 0 Å². The molecule has 310 valence electrons. The predicted octanol–water partition coefficient (Wildman–Crippen LogP) is 7.35. The molecule has 0 aromatic rings. The van der Waals surface area contributed by atoms with Gasteiger partial charge in [0.15, 0.2) is 24.6 Å². The second kappa shape index (κ2) is 14.0. The van der Waals surface area contributed by atoms with Crippen LogP contribution in [0.15, 0.2) is 0 Å². The van der Waals surface area contributed by atoms with Gasteiger partial charge in [0.05, 0.1) is 18.8 Å². The Morgan fingerprint density at radius 3 is 1.93 bits per heavy atom. The fourth-order valence-electron chi connectivity index (χ4n) is 14.6. The lowest BCUT2D eigenvalue weighted by molar-refractivity contribution is -0.335. The van der Waals surface area contributed by atoms with Crippen molar-refractivity contribution in [2.45, 2.75) is 183 Å². The first kappa shape index (κ1) is 40.9. The van der Waals surface area contributed by atoms with Crippen LogP contribution in [0.3, 0.4) is 0 Å². The van der Waals surface area contributed by atoms with E-state index >= 15 is 0 Å². The average molecular weight is 773 g/mol. The molecule has 0 unspecified atom stereocenters. The second-order valence-corrected chi connectivity index (χ2v) is 20.8. The van der Waals surface area contributed by atoms with E-state index in [4.69, 9.17) is 33.2 Å². The molecule has 2 heterocycles. The van der Waals surface area contributed by atoms with Gasteiger partial charge < -0.3 is 33.2 Å². The molecule has 11 nitrogen and oxygen atoms in total. The summed E-state index contributed by atoms with van der Waals surface area (Å²) in [6.45, 7) is 23.1. The van der Waals surface area contributed by atoms with E-state index in [-0.39, 0.29) is 39.8 Å². The number of carbonyl (C=O) groups excluding carboxylic acids is 4. The number of hydrogen-bond donors (Lipinski definition) is 0. The maximum atomic E-state index is 12.5. The molecule has 0 spiro atoms. The highest BCUT2D eigenvalue weighted by atomic mass is 16.7. The summed E-state index contributed by atoms with van der Waals surface area (Å²) in [5.41, 5.74) is 0.866. The molecule has 5 aliphatic carbocycles. The lowest BCUT2D eigenvalue weighted by atomic mass is 9.31. The van der Waals surface area contributed by atoms with Crippen LogP contribution in [-0.2, 0) is 52.3 Å². The molecule has 2 aliphatic heterocycles. The predicted molar refractivity (Wildman–Crippen MR) is 201 cm³/mol. The third-order valence-electron chi connectivity index (χ3n) is 17.3. The van der Waals surface area contributed by atoms with E-state index < -0.39 is 54.6 Å². The maximum absolute atomic E-state index is 12.5. The summed E-state index contributed by atoms with van der Waals surface area (Å²) in [5.74, 6) is -0.212. The van der Waals surface area contributed by atoms with E-state index in [2.05, 4.69) is 48.5 Å². The third-order valence-corrected chi connectivity index (χ3v) is 17.3. The Morgan fingerprint density at radius 1 is 0.636 bits per heavy atom. The molecule has 2 saturated heterocycles. The van der Waals surface area contributed by atoms with Gasteiger partial charge in [0.1, 0.15) is 12.7 Å². The van der Waals surface area contributed by atoms with Crippen LogP contribution in [0.25, 0.3) is 0 Å². The van der Waals surface area contributed by atoms with Crippen LogP contribution in [0.5, 0.6) is 0 Å². The molecule has 0 aromatic carbocycles. The zero-order valence-corrected chi connectivity index (χ0v) is 35.3. The number of esters is 4. The number of hydrogen-bond acceptors (Lipinski definition) is 11. The Morgan fingerprint density at radius 2 is 1.27 bits per heavy atom. The molecule has 2 bridgehead atoms. The molecule has 7 fully saturated rings. The first-order valence-electron chi connectivity index (χ1n) is 21.2. The highest BCUT2D eigenvalue weighted by molar-refractivity contribution is 5.68. The Hall–Kier alpha value is -2.24. The molecule has 0 N–H and O–H groups in total. The molecular weight excluding hydrogens is 704 g/mol. The zero-order valence-electron chi connectivity index (χ0n) is 35.3. The Bertz CT molecular complexity index is 1540. The summed E-state index contributed by atoms with van der Waals surface area (Å²) < 4.78 is 42.6. The van der Waals surface area contributed by atoms with E-state index in [1.807, 2.05) is 0 Å². The van der Waals surface area contributed by atoms with Gasteiger partial charge in [-0.25, -0.2) is 0 Å². The quantitative estimate of drug-likeness (QED) is 0.146. The van der Waals surface area contributed by atoms with E-state index in [0.717, 1.165) is 25.9 Å². The summed E-state index contributed by atoms with van der Waals surface area (Å²) in [7, 11) is 0. The van der Waals surface area contributed by atoms with Crippen LogP contribution >= 0.6 is 0 Å². The monoisotopic (exact) mass is 772 g/mol. The molecule has 0 amide bonds. The van der Waals surface area contributed by atoms with Gasteiger partial charge in [-0.15, -0.1) is 0 Å². The van der Waals surface area contributed by atoms with Crippen LogP contribution in [-0.4, -0.2) is 80.0 Å². The van der Waals surface area contributed by atoms with Crippen LogP contribution in [0, 0.1) is 56.2 Å². The van der Waals surface area contributed by atoms with Gasteiger partial charge in [-0.1, -0.05) is 48.5 Å². The largest absolute Gasteiger partial charge is 0.463 e. The Labute approximate surface area is 328 Å². The first-order valence-corrected chi connectivity index (χ1v) is 21.2. The number of rotatable bonds is 7. The summed E-state index contributed by atoms with van der Waals surface area (Å²) in [5, 5.41) is 0. The van der Waals surface area contributed by atoms with Crippen LogP contribution in [0.4, 0.5) is 0 Å². The topological polar surface area (TPSA) is 133 Å². The van der Waals surface area contributed by atoms with Gasteiger partial charge in [0.25, 0.3) is 0 Å². The Balaban J connectivity index is 1.15. The minimum absolute atomic E-state index is 0.0993. The van der Waals surface area contributed by atoms with Crippen LogP contribution < -0.4 is 0 Å². The van der Waals surface area contributed by atoms with Gasteiger partial charge in [-0.3, -0.25) is 19.2 Å². The molecular formula is C44H68O11. The molecule has 11 heteroatoms. The standard InChI is InChI=1S/C44H68O11/c1-24(45)49-22-29-34(51-25(2)46)35(52-26(3)47)36(53-27(4)48)38(54-29)55-32-15-16-41(9)30(40(32,7)8)14-17-43(11)31(41)13-12-28-33-37-39(5,6)18-20-44(33,23-50-37)21-19-42(28,43)10/h28-38H,12-23H2,1-11H3/t28-,29-,30+,31-,32+,33+,34-,35+,36-,37-,38+,41+,42-,43-,44-/m1/s1. The molecule has 7 rings (SSSR count).